The predicted molar refractivity (Wildman–Crippen MR) is 177 cm³/mol. The molecule has 16 heteroatoms. The highest BCUT2D eigenvalue weighted by Gasteiger charge is 2.37. The summed E-state index contributed by atoms with van der Waals surface area (Å²) in [5.41, 5.74) is 0.420. The third kappa shape index (κ3) is 8.71. The van der Waals surface area contributed by atoms with Crippen LogP contribution in [0, 0.1) is 0 Å². The van der Waals surface area contributed by atoms with Crippen molar-refractivity contribution in [3.05, 3.63) is 42.1 Å². The first-order valence-corrected chi connectivity index (χ1v) is 17.2. The van der Waals surface area contributed by atoms with Crippen molar-refractivity contribution >= 4 is 35.7 Å². The van der Waals surface area contributed by atoms with Crippen molar-refractivity contribution in [1.29, 1.82) is 0 Å². The SMILES string of the molecule is CCOC(=O)N1CCN(C(=O)[C@H](CCC(=O)O)NC(=O)c2cc(OCC(=O)N3CCC[C@H]3C(=O)NC3CCC3)n(-c3ccccc3)n2)C[C@@H]1C. The van der Waals surface area contributed by atoms with E-state index in [9.17, 15) is 33.9 Å². The summed E-state index contributed by atoms with van der Waals surface area (Å²) < 4.78 is 12.4. The highest BCUT2D eigenvalue weighted by Crippen LogP contribution is 2.24. The maximum atomic E-state index is 13.6. The van der Waals surface area contributed by atoms with Crippen molar-refractivity contribution in [2.45, 2.75) is 83.0 Å². The Morgan fingerprint density at radius 2 is 1.76 bits per heavy atom. The highest BCUT2D eigenvalue weighted by molar-refractivity contribution is 5.96. The van der Waals surface area contributed by atoms with Crippen LogP contribution in [0.4, 0.5) is 4.79 Å². The molecule has 16 nitrogen and oxygen atoms in total. The van der Waals surface area contributed by atoms with Gasteiger partial charge in [0.25, 0.3) is 11.8 Å². The highest BCUT2D eigenvalue weighted by atomic mass is 16.6. The molecule has 1 saturated carbocycles. The van der Waals surface area contributed by atoms with Gasteiger partial charge in [0.1, 0.15) is 12.1 Å². The van der Waals surface area contributed by atoms with Crippen LogP contribution < -0.4 is 15.4 Å². The Balaban J connectivity index is 1.29. The van der Waals surface area contributed by atoms with Gasteiger partial charge in [0.2, 0.25) is 17.7 Å². The molecule has 1 aliphatic carbocycles. The number of hydrogen-bond donors (Lipinski definition) is 3. The lowest BCUT2D eigenvalue weighted by molar-refractivity contribution is -0.140. The molecule has 0 bridgehead atoms. The fourth-order valence-electron chi connectivity index (χ4n) is 6.35. The summed E-state index contributed by atoms with van der Waals surface area (Å²) in [4.78, 5) is 81.7. The number of rotatable bonds is 13. The van der Waals surface area contributed by atoms with E-state index in [1.165, 1.54) is 25.4 Å². The number of nitrogens with zero attached hydrogens (tertiary/aromatic N) is 5. The number of ether oxygens (including phenoxy) is 2. The monoisotopic (exact) mass is 695 g/mol. The van der Waals surface area contributed by atoms with Gasteiger partial charge in [-0.1, -0.05) is 18.2 Å². The second-order valence-electron chi connectivity index (χ2n) is 12.8. The zero-order chi connectivity index (χ0) is 35.8. The number of carboxylic acids is 1. The summed E-state index contributed by atoms with van der Waals surface area (Å²) in [6.45, 7) is 4.30. The second kappa shape index (κ2) is 16.5. The van der Waals surface area contributed by atoms with Gasteiger partial charge < -0.3 is 39.9 Å². The first kappa shape index (κ1) is 36.1. The van der Waals surface area contributed by atoms with Crippen molar-refractivity contribution in [2.75, 3.05) is 39.4 Å². The van der Waals surface area contributed by atoms with Crippen LogP contribution in [0.3, 0.4) is 0 Å². The van der Waals surface area contributed by atoms with Crippen molar-refractivity contribution in [2.24, 2.45) is 0 Å². The molecule has 2 aliphatic heterocycles. The molecule has 1 aromatic heterocycles. The number of carbonyl (C=O) groups is 6. The van der Waals surface area contributed by atoms with Gasteiger partial charge in [0.15, 0.2) is 12.3 Å². The van der Waals surface area contributed by atoms with Crippen LogP contribution in [0.5, 0.6) is 5.88 Å². The minimum absolute atomic E-state index is 0.0849. The topological polar surface area (TPSA) is 193 Å². The molecule has 0 radical (unpaired) electrons. The summed E-state index contributed by atoms with van der Waals surface area (Å²) in [6, 6.07) is 8.20. The molecule has 3 fully saturated rings. The number of nitrogens with one attached hydrogen (secondary N) is 2. The third-order valence-corrected chi connectivity index (χ3v) is 9.27. The standard InChI is InChI=1S/C34H45N7O9/c1-3-49-34(48)39-18-17-38(20-22(39)2)33(47)25(14-15-30(43)44)36-31(45)26-19-29(41(37-26)24-11-5-4-6-12-24)50-21-28(42)40-16-8-13-27(40)32(46)35-23-9-7-10-23/h4-6,11-12,19,22-23,25,27H,3,7-10,13-18,20-21H2,1-2H3,(H,35,46)(H,36,45)(H,43,44)/t22-,25-,27-/m0/s1. The van der Waals surface area contributed by atoms with Crippen LogP contribution in [0.25, 0.3) is 5.69 Å². The summed E-state index contributed by atoms with van der Waals surface area (Å²) in [6.07, 6.45) is 3.20. The lowest BCUT2D eigenvalue weighted by Crippen LogP contribution is -2.59. The normalized spacial score (nSPS) is 19.7. The van der Waals surface area contributed by atoms with Crippen molar-refractivity contribution < 1.29 is 43.3 Å². The molecule has 0 spiro atoms. The second-order valence-corrected chi connectivity index (χ2v) is 12.8. The molecule has 5 amide bonds. The van der Waals surface area contributed by atoms with Crippen LogP contribution in [-0.2, 0) is 23.9 Å². The minimum atomic E-state index is -1.19. The van der Waals surface area contributed by atoms with E-state index in [-0.39, 0.29) is 74.6 Å². The van der Waals surface area contributed by atoms with E-state index in [0.29, 0.717) is 25.1 Å². The summed E-state index contributed by atoms with van der Waals surface area (Å²) in [5.74, 6) is -2.81. The number of carbonyl (C=O) groups excluding carboxylic acids is 5. The molecule has 2 aromatic rings. The summed E-state index contributed by atoms with van der Waals surface area (Å²) in [7, 11) is 0. The van der Waals surface area contributed by atoms with Gasteiger partial charge in [-0.3, -0.25) is 24.0 Å². The molecule has 3 N–H and O–H groups in total. The van der Waals surface area contributed by atoms with Gasteiger partial charge in [-0.2, -0.15) is 5.10 Å². The molecule has 1 aromatic carbocycles. The Labute approximate surface area is 290 Å². The van der Waals surface area contributed by atoms with Crippen LogP contribution >= 0.6 is 0 Å². The number of aliphatic carboxylic acids is 1. The first-order chi connectivity index (χ1) is 24.0. The number of amides is 5. The van der Waals surface area contributed by atoms with E-state index in [0.717, 1.165) is 19.3 Å². The fraction of sp³-hybridized carbons (Fsp3) is 0.559. The Bertz CT molecular complexity index is 1560. The minimum Gasteiger partial charge on any atom is -0.481 e. The lowest BCUT2D eigenvalue weighted by atomic mass is 9.93. The average molecular weight is 696 g/mol. The smallest absolute Gasteiger partial charge is 0.410 e. The molecule has 50 heavy (non-hydrogen) atoms. The number of para-hydroxylation sites is 1. The van der Waals surface area contributed by atoms with E-state index in [2.05, 4.69) is 15.7 Å². The van der Waals surface area contributed by atoms with Gasteiger partial charge in [-0.25, -0.2) is 9.48 Å². The van der Waals surface area contributed by atoms with E-state index >= 15 is 0 Å². The summed E-state index contributed by atoms with van der Waals surface area (Å²) in [5, 5.41) is 19.5. The van der Waals surface area contributed by atoms with Gasteiger partial charge in [0, 0.05) is 50.7 Å². The first-order valence-electron chi connectivity index (χ1n) is 17.2. The average Bonchev–Trinajstić information content (AvgIpc) is 3.75. The summed E-state index contributed by atoms with van der Waals surface area (Å²) >= 11 is 0. The molecule has 2 saturated heterocycles. The largest absolute Gasteiger partial charge is 0.481 e. The Morgan fingerprint density at radius 3 is 2.42 bits per heavy atom. The Morgan fingerprint density at radius 1 is 1.00 bits per heavy atom. The third-order valence-electron chi connectivity index (χ3n) is 9.27. The number of likely N-dealkylation sites (tertiary alicyclic amines) is 1. The quantitative estimate of drug-likeness (QED) is 0.277. The van der Waals surface area contributed by atoms with Gasteiger partial charge in [-0.15, -0.1) is 0 Å². The molecule has 0 unspecified atom stereocenters. The zero-order valence-corrected chi connectivity index (χ0v) is 28.4. The van der Waals surface area contributed by atoms with Gasteiger partial charge in [-0.05, 0) is 64.5 Å². The number of hydrogen-bond acceptors (Lipinski definition) is 9. The lowest BCUT2D eigenvalue weighted by Gasteiger charge is -2.40. The molecule has 5 rings (SSSR count). The molecule has 3 atom stereocenters. The molecular formula is C34H45N7O9. The van der Waals surface area contributed by atoms with Gasteiger partial charge >= 0.3 is 12.1 Å². The van der Waals surface area contributed by atoms with Crippen LogP contribution in [0.15, 0.2) is 36.4 Å². The fourth-order valence-corrected chi connectivity index (χ4v) is 6.35. The molecule has 270 valence electrons. The van der Waals surface area contributed by atoms with Crippen LogP contribution in [0.2, 0.25) is 0 Å². The number of benzene rings is 1. The Kier molecular flexibility index (Phi) is 11.9. The number of aromatic nitrogens is 2. The van der Waals surface area contributed by atoms with Crippen molar-refractivity contribution in [3.63, 3.8) is 0 Å². The van der Waals surface area contributed by atoms with E-state index < -0.39 is 42.6 Å². The zero-order valence-electron chi connectivity index (χ0n) is 28.4. The van der Waals surface area contributed by atoms with Crippen LogP contribution in [0.1, 0.15) is 69.3 Å². The maximum absolute atomic E-state index is 13.6. The van der Waals surface area contributed by atoms with Crippen molar-refractivity contribution in [3.8, 4) is 11.6 Å². The van der Waals surface area contributed by atoms with Crippen molar-refractivity contribution in [1.82, 2.24) is 35.1 Å². The number of carboxylic acid groups (broad SMARTS) is 1. The van der Waals surface area contributed by atoms with E-state index in [4.69, 9.17) is 9.47 Å². The van der Waals surface area contributed by atoms with E-state index in [1.54, 1.807) is 44.2 Å². The maximum Gasteiger partial charge on any atom is 0.410 e. The number of piperazine rings is 1. The Hall–Kier alpha value is -5.15. The van der Waals surface area contributed by atoms with E-state index in [1.807, 2.05) is 0 Å². The van der Waals surface area contributed by atoms with Crippen LogP contribution in [-0.4, -0.2) is 129 Å². The molecular weight excluding hydrogens is 650 g/mol. The van der Waals surface area contributed by atoms with Gasteiger partial charge in [0.05, 0.1) is 12.3 Å². The molecule has 3 heterocycles. The molecule has 3 aliphatic rings. The predicted octanol–water partition coefficient (Wildman–Crippen LogP) is 1.56.